The lowest BCUT2D eigenvalue weighted by molar-refractivity contribution is -0.525. The van der Waals surface area contributed by atoms with Crippen molar-refractivity contribution >= 4 is 23.2 Å². The first kappa shape index (κ1) is 9.07. The maximum Gasteiger partial charge on any atom is 0.216 e. The summed E-state index contributed by atoms with van der Waals surface area (Å²) in [6.45, 7) is 0. The van der Waals surface area contributed by atoms with E-state index in [1.165, 1.54) is 0 Å². The molecule has 1 aliphatic rings. The van der Waals surface area contributed by atoms with Gasteiger partial charge in [0.25, 0.3) is 0 Å². The first-order valence-electron chi connectivity index (χ1n) is 3.51. The zero-order chi connectivity index (χ0) is 8.43. The van der Waals surface area contributed by atoms with Crippen LogP contribution in [0.5, 0.6) is 0 Å². The molecule has 0 aromatic rings. The van der Waals surface area contributed by atoms with Crippen molar-refractivity contribution in [1.29, 1.82) is 0 Å². The Balaban J connectivity index is 2.49. The highest BCUT2D eigenvalue weighted by Crippen LogP contribution is 2.28. The van der Waals surface area contributed by atoms with Crippen LogP contribution < -0.4 is 0 Å². The number of hydrogen-bond donors (Lipinski definition) is 0. The molecule has 0 aromatic heterocycles. The van der Waals surface area contributed by atoms with Gasteiger partial charge < -0.3 is 0 Å². The van der Waals surface area contributed by atoms with E-state index in [0.29, 0.717) is 19.3 Å². The summed E-state index contributed by atoms with van der Waals surface area (Å²) >= 11 is 11.5. The van der Waals surface area contributed by atoms with Crippen LogP contribution in [-0.4, -0.2) is 21.7 Å². The van der Waals surface area contributed by atoms with Crippen molar-refractivity contribution in [2.24, 2.45) is 0 Å². The lowest BCUT2D eigenvalue weighted by atomic mass is 9.95. The van der Waals surface area contributed by atoms with Gasteiger partial charge in [-0.2, -0.15) is 0 Å². The third-order valence-electron chi connectivity index (χ3n) is 1.87. The third-order valence-corrected chi connectivity index (χ3v) is 2.58. The van der Waals surface area contributed by atoms with E-state index in [2.05, 4.69) is 0 Å². The van der Waals surface area contributed by atoms with E-state index in [4.69, 9.17) is 23.2 Å². The zero-order valence-electron chi connectivity index (χ0n) is 5.87. The highest BCUT2D eigenvalue weighted by atomic mass is 35.5. The first-order valence-corrected chi connectivity index (χ1v) is 4.38. The molecule has 5 heteroatoms. The molecule has 3 nitrogen and oxygen atoms in total. The predicted molar refractivity (Wildman–Crippen MR) is 43.9 cm³/mol. The molecular weight excluding hydrogens is 189 g/mol. The van der Waals surface area contributed by atoms with E-state index < -0.39 is 6.04 Å². The summed E-state index contributed by atoms with van der Waals surface area (Å²) in [7, 11) is 0. The summed E-state index contributed by atoms with van der Waals surface area (Å²) in [5.41, 5.74) is 0. The zero-order valence-corrected chi connectivity index (χ0v) is 7.38. The first-order chi connectivity index (χ1) is 5.09. The van der Waals surface area contributed by atoms with E-state index in [1.54, 1.807) is 0 Å². The minimum atomic E-state index is -0.534. The molecule has 1 aliphatic carbocycles. The molecule has 1 saturated carbocycles. The number of alkyl halides is 2. The highest BCUT2D eigenvalue weighted by Gasteiger charge is 2.33. The molecule has 11 heavy (non-hydrogen) atoms. The number of hydrogen-bond acceptors (Lipinski definition) is 2. The van der Waals surface area contributed by atoms with Gasteiger partial charge in [0, 0.05) is 28.5 Å². The average Bonchev–Trinajstić information content (AvgIpc) is 1.85. The molecule has 2 atom stereocenters. The summed E-state index contributed by atoms with van der Waals surface area (Å²) in [4.78, 5) is 10.0. The van der Waals surface area contributed by atoms with Crippen LogP contribution in [0.15, 0.2) is 0 Å². The van der Waals surface area contributed by atoms with E-state index in [9.17, 15) is 10.1 Å². The Kier molecular flexibility index (Phi) is 2.96. The van der Waals surface area contributed by atoms with Crippen LogP contribution in [0.25, 0.3) is 0 Å². The summed E-state index contributed by atoms with van der Waals surface area (Å²) in [5, 5.41) is 10.1. The Hall–Kier alpha value is -0.0200. The fraction of sp³-hybridized carbons (Fsp3) is 1.00. The standard InChI is InChI=1S/C6H9Cl2NO2/c7-4-1-5(8)3-6(2-4)9(10)11/h4-6H,1-3H2. The highest BCUT2D eigenvalue weighted by molar-refractivity contribution is 6.23. The van der Waals surface area contributed by atoms with Crippen LogP contribution in [0, 0.1) is 10.1 Å². The van der Waals surface area contributed by atoms with Crippen molar-refractivity contribution in [2.45, 2.75) is 36.1 Å². The summed E-state index contributed by atoms with van der Waals surface area (Å²) < 4.78 is 0. The predicted octanol–water partition coefficient (Wildman–Crippen LogP) is 2.03. The van der Waals surface area contributed by atoms with Gasteiger partial charge in [0.1, 0.15) is 0 Å². The third kappa shape index (κ3) is 2.49. The number of halogens is 2. The largest absolute Gasteiger partial charge is 0.264 e. The topological polar surface area (TPSA) is 43.1 Å². The molecule has 1 fully saturated rings. The molecule has 0 heterocycles. The van der Waals surface area contributed by atoms with Crippen molar-refractivity contribution in [3.05, 3.63) is 10.1 Å². The Morgan fingerprint density at radius 2 is 1.64 bits per heavy atom. The molecule has 0 aliphatic heterocycles. The van der Waals surface area contributed by atoms with Gasteiger partial charge in [-0.05, 0) is 6.42 Å². The van der Waals surface area contributed by atoms with Crippen LogP contribution in [0.3, 0.4) is 0 Å². The lowest BCUT2D eigenvalue weighted by Gasteiger charge is -2.23. The van der Waals surface area contributed by atoms with Crippen LogP contribution in [0.1, 0.15) is 19.3 Å². The van der Waals surface area contributed by atoms with E-state index >= 15 is 0 Å². The summed E-state index contributed by atoms with van der Waals surface area (Å²) in [6.07, 6.45) is 1.60. The van der Waals surface area contributed by atoms with Crippen LogP contribution in [0.4, 0.5) is 0 Å². The van der Waals surface area contributed by atoms with Gasteiger partial charge in [-0.25, -0.2) is 0 Å². The normalized spacial score (nSPS) is 38.5. The molecule has 0 amide bonds. The Labute approximate surface area is 74.8 Å². The van der Waals surface area contributed by atoms with Crippen LogP contribution in [-0.2, 0) is 0 Å². The van der Waals surface area contributed by atoms with E-state index in [0.717, 1.165) is 0 Å². The maximum absolute atomic E-state index is 10.3. The fourth-order valence-electron chi connectivity index (χ4n) is 1.33. The Morgan fingerprint density at radius 1 is 1.18 bits per heavy atom. The second-order valence-electron chi connectivity index (χ2n) is 2.84. The van der Waals surface area contributed by atoms with E-state index in [1.807, 2.05) is 0 Å². The van der Waals surface area contributed by atoms with Crippen LogP contribution in [0.2, 0.25) is 0 Å². The number of nitro groups is 1. The Bertz CT molecular complexity index is 155. The van der Waals surface area contributed by atoms with Crippen molar-refractivity contribution in [3.8, 4) is 0 Å². The molecule has 0 aromatic carbocycles. The molecule has 64 valence electrons. The molecule has 0 radical (unpaired) electrons. The van der Waals surface area contributed by atoms with Gasteiger partial charge in [-0.3, -0.25) is 10.1 Å². The second-order valence-corrected chi connectivity index (χ2v) is 4.08. The molecule has 0 spiro atoms. The van der Waals surface area contributed by atoms with Gasteiger partial charge in [0.15, 0.2) is 0 Å². The van der Waals surface area contributed by atoms with Gasteiger partial charge >= 0.3 is 0 Å². The van der Waals surface area contributed by atoms with Gasteiger partial charge in [0.2, 0.25) is 6.04 Å². The molecule has 0 N–H and O–H groups in total. The maximum atomic E-state index is 10.3. The SMILES string of the molecule is O=[N+]([O-])C1CC(Cl)CC(Cl)C1. The minimum Gasteiger partial charge on any atom is -0.264 e. The quantitative estimate of drug-likeness (QED) is 0.367. The van der Waals surface area contributed by atoms with Gasteiger partial charge in [0.05, 0.1) is 0 Å². The molecule has 1 rings (SSSR count). The van der Waals surface area contributed by atoms with Crippen molar-refractivity contribution in [1.82, 2.24) is 0 Å². The number of nitrogens with zero attached hydrogens (tertiary/aromatic N) is 1. The smallest absolute Gasteiger partial charge is 0.216 e. The van der Waals surface area contributed by atoms with Gasteiger partial charge in [-0.15, -0.1) is 23.2 Å². The van der Waals surface area contributed by atoms with Gasteiger partial charge in [-0.1, -0.05) is 0 Å². The molecular formula is C6H9Cl2NO2. The fourth-order valence-corrected chi connectivity index (χ4v) is 2.26. The number of rotatable bonds is 1. The molecule has 0 bridgehead atoms. The van der Waals surface area contributed by atoms with Crippen LogP contribution >= 0.6 is 23.2 Å². The van der Waals surface area contributed by atoms with Crippen molar-refractivity contribution < 1.29 is 4.92 Å². The van der Waals surface area contributed by atoms with Crippen molar-refractivity contribution in [3.63, 3.8) is 0 Å². The summed E-state index contributed by atoms with van der Waals surface area (Å²) in [5.74, 6) is 0. The van der Waals surface area contributed by atoms with E-state index in [-0.39, 0.29) is 15.7 Å². The Morgan fingerprint density at radius 3 is 2.00 bits per heavy atom. The lowest BCUT2D eigenvalue weighted by Crippen LogP contribution is -2.32. The molecule has 0 saturated heterocycles. The minimum absolute atomic E-state index is 0.123. The molecule has 2 unspecified atom stereocenters. The monoisotopic (exact) mass is 197 g/mol. The summed E-state index contributed by atoms with van der Waals surface area (Å²) in [6, 6.07) is -0.534. The van der Waals surface area contributed by atoms with Crippen molar-refractivity contribution in [2.75, 3.05) is 0 Å². The second kappa shape index (κ2) is 3.59. The average molecular weight is 198 g/mol.